The summed E-state index contributed by atoms with van der Waals surface area (Å²) in [4.78, 5) is 7.29. The summed E-state index contributed by atoms with van der Waals surface area (Å²) in [7, 11) is 0. The average molecular weight is 341 g/mol. The van der Waals surface area contributed by atoms with E-state index in [2.05, 4.69) is 25.9 Å². The number of halogens is 2. The molecule has 18 heavy (non-hydrogen) atoms. The maximum Gasteiger partial charge on any atom is 0.182 e. The van der Waals surface area contributed by atoms with Crippen LogP contribution in [0.4, 0.5) is 0 Å². The minimum Gasteiger partial charge on any atom is -0.330 e. The van der Waals surface area contributed by atoms with Crippen LogP contribution in [0.1, 0.15) is 0 Å². The number of H-pyrrole nitrogens is 1. The smallest absolute Gasteiger partial charge is 0.182 e. The molecule has 2 heterocycles. The van der Waals surface area contributed by atoms with E-state index < -0.39 is 0 Å². The SMILES string of the molecule is S=c1[nH]c2cc(Cl)ccc2n1-c1cncc(Br)c1. The molecular formula is C12H7BrClN3S. The van der Waals surface area contributed by atoms with Gasteiger partial charge in [0.15, 0.2) is 4.77 Å². The first-order chi connectivity index (χ1) is 8.65. The van der Waals surface area contributed by atoms with Crippen LogP contribution in [0.2, 0.25) is 5.02 Å². The second kappa shape index (κ2) is 4.50. The van der Waals surface area contributed by atoms with Gasteiger partial charge < -0.3 is 4.98 Å². The standard InChI is InChI=1S/C12H7BrClN3S/c13-7-3-9(6-15-5-7)17-11-2-1-8(14)4-10(11)16-12(17)18/h1-6H,(H,16,18). The molecule has 3 nitrogen and oxygen atoms in total. The molecule has 0 aliphatic rings. The van der Waals surface area contributed by atoms with Crippen LogP contribution in [0.15, 0.2) is 41.1 Å². The molecule has 0 saturated heterocycles. The summed E-state index contributed by atoms with van der Waals surface area (Å²) in [6.07, 6.45) is 3.50. The molecule has 6 heteroatoms. The lowest BCUT2D eigenvalue weighted by atomic mass is 10.3. The first kappa shape index (κ1) is 11.9. The highest BCUT2D eigenvalue weighted by atomic mass is 79.9. The molecule has 2 aromatic heterocycles. The van der Waals surface area contributed by atoms with Gasteiger partial charge in [-0.05, 0) is 52.4 Å². The van der Waals surface area contributed by atoms with Crippen molar-refractivity contribution in [1.82, 2.24) is 14.5 Å². The van der Waals surface area contributed by atoms with E-state index in [1.165, 1.54) is 0 Å². The van der Waals surface area contributed by atoms with Gasteiger partial charge in [0.2, 0.25) is 0 Å². The molecule has 0 unspecified atom stereocenters. The molecule has 0 amide bonds. The number of aromatic amines is 1. The number of benzene rings is 1. The Morgan fingerprint density at radius 2 is 2.11 bits per heavy atom. The maximum absolute atomic E-state index is 5.97. The second-order valence-electron chi connectivity index (χ2n) is 3.79. The van der Waals surface area contributed by atoms with Crippen molar-refractivity contribution in [2.24, 2.45) is 0 Å². The van der Waals surface area contributed by atoms with Crippen molar-refractivity contribution in [3.05, 3.63) is 50.9 Å². The van der Waals surface area contributed by atoms with E-state index >= 15 is 0 Å². The number of nitrogens with one attached hydrogen (secondary N) is 1. The third-order valence-electron chi connectivity index (χ3n) is 2.59. The molecular weight excluding hydrogens is 334 g/mol. The Kier molecular flexibility index (Phi) is 2.97. The zero-order valence-electron chi connectivity index (χ0n) is 9.02. The van der Waals surface area contributed by atoms with Gasteiger partial charge in [0, 0.05) is 15.7 Å². The topological polar surface area (TPSA) is 33.6 Å². The Labute approximate surface area is 122 Å². The van der Waals surface area contributed by atoms with Gasteiger partial charge in [-0.1, -0.05) is 11.6 Å². The highest BCUT2D eigenvalue weighted by molar-refractivity contribution is 9.10. The lowest BCUT2D eigenvalue weighted by Crippen LogP contribution is -1.94. The number of hydrogen-bond acceptors (Lipinski definition) is 2. The predicted molar refractivity (Wildman–Crippen MR) is 79.0 cm³/mol. The third-order valence-corrected chi connectivity index (χ3v) is 3.55. The van der Waals surface area contributed by atoms with Gasteiger partial charge in [-0.2, -0.15) is 0 Å². The minimum atomic E-state index is 0.618. The highest BCUT2D eigenvalue weighted by Crippen LogP contribution is 2.23. The van der Waals surface area contributed by atoms with Crippen LogP contribution >= 0.6 is 39.7 Å². The number of aromatic nitrogens is 3. The summed E-state index contributed by atoms with van der Waals surface area (Å²) in [6, 6.07) is 7.60. The minimum absolute atomic E-state index is 0.618. The summed E-state index contributed by atoms with van der Waals surface area (Å²) in [5.74, 6) is 0. The van der Waals surface area contributed by atoms with Crippen LogP contribution in [-0.2, 0) is 0 Å². The highest BCUT2D eigenvalue weighted by Gasteiger charge is 2.07. The summed E-state index contributed by atoms with van der Waals surface area (Å²) in [5.41, 5.74) is 2.79. The molecule has 0 aliphatic heterocycles. The third kappa shape index (κ3) is 1.98. The van der Waals surface area contributed by atoms with Gasteiger partial charge in [0.1, 0.15) is 0 Å². The van der Waals surface area contributed by atoms with Crippen LogP contribution in [-0.4, -0.2) is 14.5 Å². The number of imidazole rings is 1. The van der Waals surface area contributed by atoms with Gasteiger partial charge in [-0.25, -0.2) is 0 Å². The molecule has 1 aromatic carbocycles. The van der Waals surface area contributed by atoms with Crippen LogP contribution < -0.4 is 0 Å². The van der Waals surface area contributed by atoms with Gasteiger partial charge in [0.05, 0.1) is 22.9 Å². The van der Waals surface area contributed by atoms with Crippen molar-refractivity contribution in [2.75, 3.05) is 0 Å². The fourth-order valence-corrected chi connectivity index (χ4v) is 2.70. The zero-order chi connectivity index (χ0) is 12.7. The monoisotopic (exact) mass is 339 g/mol. The summed E-state index contributed by atoms with van der Waals surface area (Å²) >= 11 is 14.7. The number of pyridine rings is 1. The summed E-state index contributed by atoms with van der Waals surface area (Å²) < 4.78 is 3.45. The molecule has 3 aromatic rings. The number of rotatable bonds is 1. The number of hydrogen-bond donors (Lipinski definition) is 1. The first-order valence-electron chi connectivity index (χ1n) is 5.16. The van der Waals surface area contributed by atoms with E-state index in [1.54, 1.807) is 12.4 Å². The molecule has 1 N–H and O–H groups in total. The van der Waals surface area contributed by atoms with Crippen molar-refractivity contribution in [1.29, 1.82) is 0 Å². The molecule has 0 atom stereocenters. The number of fused-ring (bicyclic) bond motifs is 1. The molecule has 0 aliphatic carbocycles. The van der Waals surface area contributed by atoms with Gasteiger partial charge in [0.25, 0.3) is 0 Å². The lowest BCUT2D eigenvalue weighted by molar-refractivity contribution is 1.04. The Morgan fingerprint density at radius 1 is 1.28 bits per heavy atom. The molecule has 0 radical (unpaired) electrons. The fraction of sp³-hybridized carbons (Fsp3) is 0. The van der Waals surface area contributed by atoms with Crippen molar-refractivity contribution in [2.45, 2.75) is 0 Å². The molecule has 0 fully saturated rings. The van der Waals surface area contributed by atoms with Crippen LogP contribution in [0.3, 0.4) is 0 Å². The van der Waals surface area contributed by atoms with Crippen molar-refractivity contribution in [3.8, 4) is 5.69 Å². The van der Waals surface area contributed by atoms with E-state index in [9.17, 15) is 0 Å². The first-order valence-corrected chi connectivity index (χ1v) is 6.74. The van der Waals surface area contributed by atoms with E-state index in [4.69, 9.17) is 23.8 Å². The Balaban J connectivity index is 2.35. The molecule has 3 rings (SSSR count). The Bertz CT molecular complexity index is 793. The van der Waals surface area contributed by atoms with E-state index in [-0.39, 0.29) is 0 Å². The maximum atomic E-state index is 5.97. The van der Waals surface area contributed by atoms with Crippen molar-refractivity contribution in [3.63, 3.8) is 0 Å². The molecule has 0 spiro atoms. The predicted octanol–water partition coefficient (Wildman–Crippen LogP) is 4.50. The van der Waals surface area contributed by atoms with Gasteiger partial charge in [-0.3, -0.25) is 9.55 Å². The number of nitrogens with zero attached hydrogens (tertiary/aromatic N) is 2. The molecule has 90 valence electrons. The van der Waals surface area contributed by atoms with Crippen molar-refractivity contribution >= 4 is 50.8 Å². The average Bonchev–Trinajstić information content (AvgIpc) is 2.64. The van der Waals surface area contributed by atoms with Gasteiger partial charge >= 0.3 is 0 Å². The molecule has 0 saturated carbocycles. The van der Waals surface area contributed by atoms with E-state index in [0.29, 0.717) is 9.79 Å². The van der Waals surface area contributed by atoms with E-state index in [0.717, 1.165) is 21.2 Å². The lowest BCUT2D eigenvalue weighted by Gasteiger charge is -2.04. The van der Waals surface area contributed by atoms with Crippen LogP contribution in [0.5, 0.6) is 0 Å². The molecule has 0 bridgehead atoms. The largest absolute Gasteiger partial charge is 0.330 e. The van der Waals surface area contributed by atoms with Crippen LogP contribution in [0.25, 0.3) is 16.7 Å². The van der Waals surface area contributed by atoms with E-state index in [1.807, 2.05) is 28.8 Å². The summed E-state index contributed by atoms with van der Waals surface area (Å²) in [5, 5.41) is 0.679. The van der Waals surface area contributed by atoms with Crippen LogP contribution in [0, 0.1) is 4.77 Å². The van der Waals surface area contributed by atoms with Gasteiger partial charge in [-0.15, -0.1) is 0 Å². The quantitative estimate of drug-likeness (QED) is 0.662. The van der Waals surface area contributed by atoms with Crippen molar-refractivity contribution < 1.29 is 0 Å². The second-order valence-corrected chi connectivity index (χ2v) is 5.53. The zero-order valence-corrected chi connectivity index (χ0v) is 12.2. The Hall–Kier alpha value is -1.17. The Morgan fingerprint density at radius 3 is 2.89 bits per heavy atom. The summed E-state index contributed by atoms with van der Waals surface area (Å²) in [6.45, 7) is 0. The normalized spacial score (nSPS) is 11.0. The fourth-order valence-electron chi connectivity index (χ4n) is 1.86.